The predicted octanol–water partition coefficient (Wildman–Crippen LogP) is 5.05. The SMILES string of the molecule is CC[C@H](NC(=O)[C@@H](C)Sc1ccc(C)cc1)c1ccc(C)cc1. The summed E-state index contributed by atoms with van der Waals surface area (Å²) in [6, 6.07) is 16.8. The van der Waals surface area contributed by atoms with E-state index in [1.165, 1.54) is 16.7 Å². The Hall–Kier alpha value is -1.74. The molecule has 0 saturated carbocycles. The second-order valence-electron chi connectivity index (χ2n) is 5.95. The largest absolute Gasteiger partial charge is 0.348 e. The summed E-state index contributed by atoms with van der Waals surface area (Å²) in [6.07, 6.45) is 0.886. The summed E-state index contributed by atoms with van der Waals surface area (Å²) in [5, 5.41) is 3.06. The van der Waals surface area contributed by atoms with Gasteiger partial charge in [0.25, 0.3) is 0 Å². The van der Waals surface area contributed by atoms with Crippen molar-refractivity contribution in [1.82, 2.24) is 5.32 Å². The van der Waals surface area contributed by atoms with Crippen molar-refractivity contribution in [3.63, 3.8) is 0 Å². The minimum Gasteiger partial charge on any atom is -0.348 e. The second-order valence-corrected chi connectivity index (χ2v) is 7.37. The van der Waals surface area contributed by atoms with Gasteiger partial charge in [-0.25, -0.2) is 0 Å². The molecule has 0 spiro atoms. The number of thioether (sulfide) groups is 1. The van der Waals surface area contributed by atoms with E-state index in [1.54, 1.807) is 11.8 Å². The van der Waals surface area contributed by atoms with E-state index >= 15 is 0 Å². The van der Waals surface area contributed by atoms with Crippen LogP contribution < -0.4 is 5.32 Å². The van der Waals surface area contributed by atoms with Crippen molar-refractivity contribution >= 4 is 17.7 Å². The smallest absolute Gasteiger partial charge is 0.233 e. The van der Waals surface area contributed by atoms with Gasteiger partial charge in [0.15, 0.2) is 0 Å². The van der Waals surface area contributed by atoms with Crippen molar-refractivity contribution in [2.75, 3.05) is 0 Å². The summed E-state index contributed by atoms with van der Waals surface area (Å²) < 4.78 is 0. The Morgan fingerprint density at radius 1 is 1.00 bits per heavy atom. The molecule has 0 radical (unpaired) electrons. The molecule has 2 nitrogen and oxygen atoms in total. The van der Waals surface area contributed by atoms with Gasteiger partial charge in [-0.05, 0) is 44.9 Å². The minimum absolute atomic E-state index is 0.0733. The highest BCUT2D eigenvalue weighted by Gasteiger charge is 2.18. The first-order valence-electron chi connectivity index (χ1n) is 8.10. The van der Waals surface area contributed by atoms with E-state index < -0.39 is 0 Å². The number of carbonyl (C=O) groups is 1. The van der Waals surface area contributed by atoms with Crippen LogP contribution in [0.15, 0.2) is 53.4 Å². The van der Waals surface area contributed by atoms with Crippen molar-refractivity contribution in [3.8, 4) is 0 Å². The fraction of sp³-hybridized carbons (Fsp3) is 0.350. The van der Waals surface area contributed by atoms with Crippen LogP contribution in [0.3, 0.4) is 0 Å². The van der Waals surface area contributed by atoms with E-state index in [0.29, 0.717) is 0 Å². The number of benzene rings is 2. The highest BCUT2D eigenvalue weighted by Crippen LogP contribution is 2.25. The monoisotopic (exact) mass is 327 g/mol. The van der Waals surface area contributed by atoms with Gasteiger partial charge in [0.1, 0.15) is 0 Å². The molecule has 2 atom stereocenters. The molecule has 0 aromatic heterocycles. The van der Waals surface area contributed by atoms with Crippen molar-refractivity contribution in [2.24, 2.45) is 0 Å². The Bertz CT molecular complexity index is 634. The minimum atomic E-state index is -0.114. The quantitative estimate of drug-likeness (QED) is 0.752. The lowest BCUT2D eigenvalue weighted by Gasteiger charge is -2.20. The Labute approximate surface area is 143 Å². The average Bonchev–Trinajstić information content (AvgIpc) is 2.55. The van der Waals surface area contributed by atoms with Gasteiger partial charge in [-0.15, -0.1) is 11.8 Å². The molecular weight excluding hydrogens is 302 g/mol. The maximum atomic E-state index is 12.5. The summed E-state index contributed by atoms with van der Waals surface area (Å²) in [5.74, 6) is 0.0861. The first-order valence-corrected chi connectivity index (χ1v) is 8.98. The molecule has 0 heterocycles. The van der Waals surface area contributed by atoms with Crippen molar-refractivity contribution in [3.05, 3.63) is 65.2 Å². The van der Waals surface area contributed by atoms with Crippen LogP contribution in [0.4, 0.5) is 0 Å². The molecule has 0 aliphatic heterocycles. The van der Waals surface area contributed by atoms with Gasteiger partial charge < -0.3 is 5.32 Å². The lowest BCUT2D eigenvalue weighted by Crippen LogP contribution is -2.34. The Morgan fingerprint density at radius 2 is 1.52 bits per heavy atom. The number of rotatable bonds is 6. The van der Waals surface area contributed by atoms with Crippen LogP contribution in [-0.2, 0) is 4.79 Å². The molecule has 0 unspecified atom stereocenters. The number of hydrogen-bond donors (Lipinski definition) is 1. The zero-order chi connectivity index (χ0) is 16.8. The van der Waals surface area contributed by atoms with Gasteiger partial charge in [0.05, 0.1) is 11.3 Å². The van der Waals surface area contributed by atoms with Crippen LogP contribution in [0, 0.1) is 13.8 Å². The second kappa shape index (κ2) is 8.21. The molecule has 0 bridgehead atoms. The predicted molar refractivity (Wildman–Crippen MR) is 98.9 cm³/mol. The lowest BCUT2D eigenvalue weighted by atomic mass is 10.0. The third-order valence-corrected chi connectivity index (χ3v) is 5.02. The molecule has 1 amide bonds. The fourth-order valence-corrected chi connectivity index (χ4v) is 3.26. The Kier molecular flexibility index (Phi) is 6.28. The standard InChI is InChI=1S/C20H25NOS/c1-5-19(17-10-6-14(2)7-11-17)21-20(22)16(4)23-18-12-8-15(3)9-13-18/h6-13,16,19H,5H2,1-4H3,(H,21,22)/t16-,19+/m1/s1. The van der Waals surface area contributed by atoms with Gasteiger partial charge in [0.2, 0.25) is 5.91 Å². The van der Waals surface area contributed by atoms with Crippen LogP contribution in [0.25, 0.3) is 0 Å². The van der Waals surface area contributed by atoms with Gasteiger partial charge in [0, 0.05) is 4.90 Å². The van der Waals surface area contributed by atoms with E-state index in [2.05, 4.69) is 74.6 Å². The summed E-state index contributed by atoms with van der Waals surface area (Å²) >= 11 is 1.60. The third kappa shape index (κ3) is 5.14. The first-order chi connectivity index (χ1) is 11.0. The number of nitrogens with one attached hydrogen (secondary N) is 1. The maximum Gasteiger partial charge on any atom is 0.233 e. The number of hydrogen-bond acceptors (Lipinski definition) is 2. The number of aryl methyl sites for hydroxylation is 2. The number of carbonyl (C=O) groups excluding carboxylic acids is 1. The van der Waals surface area contributed by atoms with Gasteiger partial charge >= 0.3 is 0 Å². The fourth-order valence-electron chi connectivity index (χ4n) is 2.38. The molecule has 122 valence electrons. The first kappa shape index (κ1) is 17.6. The van der Waals surface area contributed by atoms with Crippen LogP contribution >= 0.6 is 11.8 Å². The Morgan fingerprint density at radius 3 is 2.04 bits per heavy atom. The molecule has 0 aliphatic rings. The summed E-state index contributed by atoms with van der Waals surface area (Å²) in [7, 11) is 0. The molecule has 2 rings (SSSR count). The van der Waals surface area contributed by atoms with Gasteiger partial charge in [-0.2, -0.15) is 0 Å². The van der Waals surface area contributed by atoms with E-state index in [-0.39, 0.29) is 17.2 Å². The Balaban J connectivity index is 1.98. The molecule has 0 aliphatic carbocycles. The zero-order valence-electron chi connectivity index (χ0n) is 14.3. The summed E-state index contributed by atoms with van der Waals surface area (Å²) in [4.78, 5) is 13.6. The number of amides is 1. The van der Waals surface area contributed by atoms with Crippen molar-refractivity contribution in [2.45, 2.75) is 50.3 Å². The molecule has 3 heteroatoms. The molecule has 0 fully saturated rings. The van der Waals surface area contributed by atoms with Crippen molar-refractivity contribution < 1.29 is 4.79 Å². The molecule has 0 saturated heterocycles. The van der Waals surface area contributed by atoms with Gasteiger partial charge in [-0.3, -0.25) is 4.79 Å². The zero-order valence-corrected chi connectivity index (χ0v) is 15.1. The van der Waals surface area contributed by atoms with Crippen LogP contribution in [0.2, 0.25) is 0 Å². The average molecular weight is 327 g/mol. The van der Waals surface area contributed by atoms with Crippen LogP contribution in [0.5, 0.6) is 0 Å². The van der Waals surface area contributed by atoms with Crippen LogP contribution in [0.1, 0.15) is 43.0 Å². The molecule has 2 aromatic rings. The normalized spacial score (nSPS) is 13.4. The molecule has 1 N–H and O–H groups in total. The maximum absolute atomic E-state index is 12.5. The highest BCUT2D eigenvalue weighted by atomic mass is 32.2. The lowest BCUT2D eigenvalue weighted by molar-refractivity contribution is -0.121. The topological polar surface area (TPSA) is 29.1 Å². The van der Waals surface area contributed by atoms with E-state index in [9.17, 15) is 4.79 Å². The molecule has 2 aromatic carbocycles. The summed E-state index contributed by atoms with van der Waals surface area (Å²) in [6.45, 7) is 8.20. The third-order valence-electron chi connectivity index (χ3n) is 3.91. The van der Waals surface area contributed by atoms with E-state index in [1.807, 2.05) is 6.92 Å². The van der Waals surface area contributed by atoms with Crippen molar-refractivity contribution in [1.29, 1.82) is 0 Å². The van der Waals surface area contributed by atoms with Crippen LogP contribution in [-0.4, -0.2) is 11.2 Å². The van der Waals surface area contributed by atoms with E-state index in [0.717, 1.165) is 11.3 Å². The summed E-state index contributed by atoms with van der Waals surface area (Å²) in [5.41, 5.74) is 3.63. The van der Waals surface area contributed by atoms with E-state index in [4.69, 9.17) is 0 Å². The highest BCUT2D eigenvalue weighted by molar-refractivity contribution is 8.00. The van der Waals surface area contributed by atoms with Gasteiger partial charge in [-0.1, -0.05) is 54.4 Å². The molecule has 23 heavy (non-hydrogen) atoms. The molecular formula is C20H25NOS.